The van der Waals surface area contributed by atoms with E-state index in [9.17, 15) is 4.79 Å². The molecule has 0 aromatic heterocycles. The quantitative estimate of drug-likeness (QED) is 0.659. The van der Waals surface area contributed by atoms with E-state index in [1.807, 2.05) is 11.9 Å². The number of likely N-dealkylation sites (N-methyl/N-ethyl adjacent to an activating group) is 1. The fourth-order valence-corrected chi connectivity index (χ4v) is 1.79. The molecule has 1 aliphatic rings. The molecule has 15 heavy (non-hydrogen) atoms. The van der Waals surface area contributed by atoms with Gasteiger partial charge in [0.1, 0.15) is 0 Å². The van der Waals surface area contributed by atoms with Gasteiger partial charge in [-0.15, -0.1) is 0 Å². The normalized spacial score (nSPS) is 20.9. The lowest BCUT2D eigenvalue weighted by atomic mass is 10.3. The minimum Gasteiger partial charge on any atom is -0.381 e. The number of ether oxygens (including phenoxy) is 1. The predicted molar refractivity (Wildman–Crippen MR) is 59.8 cm³/mol. The molecular formula is C11H22N2O2. The molecule has 1 saturated heterocycles. The van der Waals surface area contributed by atoms with Crippen LogP contribution in [0.15, 0.2) is 0 Å². The molecule has 0 aromatic carbocycles. The van der Waals surface area contributed by atoms with Gasteiger partial charge in [-0.2, -0.15) is 0 Å². The van der Waals surface area contributed by atoms with Crippen LogP contribution < -0.4 is 5.32 Å². The highest BCUT2D eigenvalue weighted by atomic mass is 16.5. The number of likely N-dealkylation sites (tertiary alicyclic amines) is 1. The van der Waals surface area contributed by atoms with E-state index in [1.165, 1.54) is 0 Å². The molecular weight excluding hydrogens is 192 g/mol. The summed E-state index contributed by atoms with van der Waals surface area (Å²) in [6, 6.07) is 0.477. The van der Waals surface area contributed by atoms with E-state index in [2.05, 4.69) is 12.2 Å². The summed E-state index contributed by atoms with van der Waals surface area (Å²) in [5, 5.41) is 3.20. The van der Waals surface area contributed by atoms with Crippen LogP contribution in [0.1, 0.15) is 26.2 Å². The smallest absolute Gasteiger partial charge is 0.224 e. The van der Waals surface area contributed by atoms with Gasteiger partial charge in [-0.1, -0.05) is 6.92 Å². The van der Waals surface area contributed by atoms with Gasteiger partial charge in [0.05, 0.1) is 13.0 Å². The summed E-state index contributed by atoms with van der Waals surface area (Å²) in [6.07, 6.45) is 2.61. The van der Waals surface area contributed by atoms with Gasteiger partial charge in [0.2, 0.25) is 5.91 Å². The molecule has 0 radical (unpaired) electrons. The zero-order valence-corrected chi connectivity index (χ0v) is 9.79. The van der Waals surface area contributed by atoms with Crippen LogP contribution in [0, 0.1) is 0 Å². The van der Waals surface area contributed by atoms with Crippen molar-refractivity contribution in [2.24, 2.45) is 0 Å². The summed E-state index contributed by atoms with van der Waals surface area (Å²) in [7, 11) is 1.95. The minimum atomic E-state index is 0.226. The van der Waals surface area contributed by atoms with Crippen LogP contribution in [0.2, 0.25) is 0 Å². The molecule has 1 N–H and O–H groups in total. The molecule has 1 amide bonds. The first-order valence-electron chi connectivity index (χ1n) is 5.80. The van der Waals surface area contributed by atoms with Crippen LogP contribution in [0.5, 0.6) is 0 Å². The predicted octanol–water partition coefficient (Wildman–Crippen LogP) is 0.623. The van der Waals surface area contributed by atoms with E-state index in [4.69, 9.17) is 4.74 Å². The zero-order chi connectivity index (χ0) is 11.1. The third-order valence-electron chi connectivity index (χ3n) is 2.76. The Bertz CT molecular complexity index is 197. The van der Waals surface area contributed by atoms with E-state index in [0.29, 0.717) is 19.1 Å². The number of carbonyl (C=O) groups excluding carboxylic acids is 1. The van der Waals surface area contributed by atoms with Gasteiger partial charge < -0.3 is 15.0 Å². The van der Waals surface area contributed by atoms with Crippen molar-refractivity contribution in [2.45, 2.75) is 32.2 Å². The second-order valence-corrected chi connectivity index (χ2v) is 3.98. The fraction of sp³-hybridized carbons (Fsp3) is 0.909. The third-order valence-corrected chi connectivity index (χ3v) is 2.76. The van der Waals surface area contributed by atoms with E-state index >= 15 is 0 Å². The maximum absolute atomic E-state index is 11.7. The summed E-state index contributed by atoms with van der Waals surface area (Å²) in [5.74, 6) is 0.226. The molecule has 4 heteroatoms. The maximum atomic E-state index is 11.7. The Kier molecular flexibility index (Phi) is 5.65. The summed E-state index contributed by atoms with van der Waals surface area (Å²) in [5.41, 5.74) is 0. The zero-order valence-electron chi connectivity index (χ0n) is 9.79. The Morgan fingerprint density at radius 1 is 1.53 bits per heavy atom. The molecule has 0 aliphatic carbocycles. The summed E-state index contributed by atoms with van der Waals surface area (Å²) in [6.45, 7) is 5.13. The first kappa shape index (κ1) is 12.5. The highest BCUT2D eigenvalue weighted by molar-refractivity contribution is 5.76. The van der Waals surface area contributed by atoms with Crippen molar-refractivity contribution >= 4 is 5.91 Å². The van der Waals surface area contributed by atoms with Crippen LogP contribution in [0.25, 0.3) is 0 Å². The highest BCUT2D eigenvalue weighted by Gasteiger charge is 2.24. The molecule has 1 unspecified atom stereocenters. The molecule has 1 atom stereocenters. The molecule has 0 spiro atoms. The monoisotopic (exact) mass is 214 g/mol. The Labute approximate surface area is 92.0 Å². The number of nitrogens with zero attached hydrogens (tertiary/aromatic N) is 1. The molecule has 0 saturated carbocycles. The summed E-state index contributed by atoms with van der Waals surface area (Å²) >= 11 is 0. The number of hydrogen-bond donors (Lipinski definition) is 1. The molecule has 1 fully saturated rings. The topological polar surface area (TPSA) is 41.6 Å². The lowest BCUT2D eigenvalue weighted by Crippen LogP contribution is -2.33. The maximum Gasteiger partial charge on any atom is 0.224 e. The minimum absolute atomic E-state index is 0.226. The first-order chi connectivity index (χ1) is 7.27. The van der Waals surface area contributed by atoms with Gasteiger partial charge in [-0.3, -0.25) is 4.79 Å². The molecule has 1 heterocycles. The van der Waals surface area contributed by atoms with E-state index in [0.717, 1.165) is 32.5 Å². The van der Waals surface area contributed by atoms with Crippen LogP contribution in [-0.2, 0) is 9.53 Å². The summed E-state index contributed by atoms with van der Waals surface area (Å²) < 4.78 is 5.30. The van der Waals surface area contributed by atoms with Gasteiger partial charge in [0, 0.05) is 25.7 Å². The van der Waals surface area contributed by atoms with Crippen molar-refractivity contribution in [1.82, 2.24) is 10.2 Å². The van der Waals surface area contributed by atoms with Gasteiger partial charge >= 0.3 is 0 Å². The molecule has 0 aromatic rings. The SMILES string of the molecule is CCCOCCC(=O)N1CCC(NC)C1. The van der Waals surface area contributed by atoms with Gasteiger partial charge in [-0.25, -0.2) is 0 Å². The van der Waals surface area contributed by atoms with Gasteiger partial charge in [0.25, 0.3) is 0 Å². The van der Waals surface area contributed by atoms with Crippen LogP contribution in [0.4, 0.5) is 0 Å². The van der Waals surface area contributed by atoms with Gasteiger partial charge in [-0.05, 0) is 19.9 Å². The standard InChI is InChI=1S/C11H22N2O2/c1-3-7-15-8-5-11(14)13-6-4-10(9-13)12-2/h10,12H,3-9H2,1-2H3. The average Bonchev–Trinajstić information content (AvgIpc) is 2.72. The van der Waals surface area contributed by atoms with Crippen molar-refractivity contribution in [1.29, 1.82) is 0 Å². The van der Waals surface area contributed by atoms with Gasteiger partial charge in [0.15, 0.2) is 0 Å². The highest BCUT2D eigenvalue weighted by Crippen LogP contribution is 2.09. The molecule has 88 valence electrons. The van der Waals surface area contributed by atoms with Crippen LogP contribution >= 0.6 is 0 Å². The number of carbonyl (C=O) groups is 1. The summed E-state index contributed by atoms with van der Waals surface area (Å²) in [4.78, 5) is 13.6. The van der Waals surface area contributed by atoms with Crippen molar-refractivity contribution < 1.29 is 9.53 Å². The fourth-order valence-electron chi connectivity index (χ4n) is 1.79. The molecule has 1 rings (SSSR count). The molecule has 4 nitrogen and oxygen atoms in total. The second kappa shape index (κ2) is 6.80. The first-order valence-corrected chi connectivity index (χ1v) is 5.80. The Hall–Kier alpha value is -0.610. The van der Waals surface area contributed by atoms with Crippen LogP contribution in [0.3, 0.4) is 0 Å². The van der Waals surface area contributed by atoms with Crippen molar-refractivity contribution in [3.63, 3.8) is 0 Å². The second-order valence-electron chi connectivity index (χ2n) is 3.98. The Balaban J connectivity index is 2.12. The average molecular weight is 214 g/mol. The van der Waals surface area contributed by atoms with E-state index in [-0.39, 0.29) is 5.91 Å². The lowest BCUT2D eigenvalue weighted by molar-refractivity contribution is -0.131. The number of nitrogens with one attached hydrogen (secondary N) is 1. The Morgan fingerprint density at radius 3 is 2.93 bits per heavy atom. The number of amides is 1. The molecule has 1 aliphatic heterocycles. The number of rotatable bonds is 6. The van der Waals surface area contributed by atoms with E-state index in [1.54, 1.807) is 0 Å². The van der Waals surface area contributed by atoms with E-state index < -0.39 is 0 Å². The number of hydrogen-bond acceptors (Lipinski definition) is 3. The largest absolute Gasteiger partial charge is 0.381 e. The Morgan fingerprint density at radius 2 is 2.33 bits per heavy atom. The molecule has 0 bridgehead atoms. The third kappa shape index (κ3) is 4.18. The lowest BCUT2D eigenvalue weighted by Gasteiger charge is -2.16. The van der Waals surface area contributed by atoms with Crippen molar-refractivity contribution in [3.05, 3.63) is 0 Å². The van der Waals surface area contributed by atoms with Crippen molar-refractivity contribution in [3.8, 4) is 0 Å². The van der Waals surface area contributed by atoms with Crippen molar-refractivity contribution in [2.75, 3.05) is 33.4 Å². The van der Waals surface area contributed by atoms with Crippen LogP contribution in [-0.4, -0.2) is 50.2 Å².